The van der Waals surface area contributed by atoms with E-state index >= 15 is 0 Å². The van der Waals surface area contributed by atoms with Gasteiger partial charge in [0.2, 0.25) is 5.91 Å². The Morgan fingerprint density at radius 1 is 1.39 bits per heavy atom. The van der Waals surface area contributed by atoms with E-state index in [-0.39, 0.29) is 17.1 Å². The summed E-state index contributed by atoms with van der Waals surface area (Å²) in [5, 5.41) is 1.92. The van der Waals surface area contributed by atoms with Gasteiger partial charge < -0.3 is 5.32 Å². The van der Waals surface area contributed by atoms with Gasteiger partial charge in [-0.1, -0.05) is 31.2 Å². The molecule has 1 saturated carbocycles. The van der Waals surface area contributed by atoms with Gasteiger partial charge in [0.1, 0.15) is 5.25 Å². The van der Waals surface area contributed by atoms with Gasteiger partial charge in [-0.25, -0.2) is 8.42 Å². The number of aryl methyl sites for hydroxylation is 1. The van der Waals surface area contributed by atoms with Gasteiger partial charge in [-0.05, 0) is 49.7 Å². The highest BCUT2D eigenvalue weighted by molar-refractivity contribution is 7.92. The van der Waals surface area contributed by atoms with Crippen LogP contribution in [0.4, 0.5) is 0 Å². The Kier molecular flexibility index (Phi) is 4.25. The van der Waals surface area contributed by atoms with Crippen LogP contribution in [0.3, 0.4) is 0 Å². The van der Waals surface area contributed by atoms with Gasteiger partial charge in [-0.2, -0.15) is 0 Å². The molecule has 0 aromatic heterocycles. The highest BCUT2D eigenvalue weighted by Gasteiger charge is 2.57. The lowest BCUT2D eigenvalue weighted by atomic mass is 9.95. The van der Waals surface area contributed by atoms with E-state index < -0.39 is 15.1 Å². The second-order valence-electron chi connectivity index (χ2n) is 6.97. The maximum atomic E-state index is 12.2. The van der Waals surface area contributed by atoms with Crippen LogP contribution in [0.1, 0.15) is 44.2 Å². The summed E-state index contributed by atoms with van der Waals surface area (Å²) in [5.74, 6) is 0.158. The molecule has 3 atom stereocenters. The molecule has 1 aromatic rings. The Balaban J connectivity index is 1.58. The summed E-state index contributed by atoms with van der Waals surface area (Å²) in [6.07, 6.45) is 3.90. The van der Waals surface area contributed by atoms with E-state index in [1.54, 1.807) is 0 Å². The first-order valence-electron chi connectivity index (χ1n) is 8.48. The van der Waals surface area contributed by atoms with E-state index in [0.29, 0.717) is 18.9 Å². The summed E-state index contributed by atoms with van der Waals surface area (Å²) >= 11 is 0. The average molecular weight is 335 g/mol. The Labute approximate surface area is 138 Å². The molecule has 0 radical (unpaired) electrons. The van der Waals surface area contributed by atoms with E-state index in [2.05, 4.69) is 29.6 Å². The first kappa shape index (κ1) is 16.5. The highest BCUT2D eigenvalue weighted by atomic mass is 32.2. The van der Waals surface area contributed by atoms with Gasteiger partial charge in [0, 0.05) is 12.0 Å². The van der Waals surface area contributed by atoms with Gasteiger partial charge in [0.25, 0.3) is 0 Å². The van der Waals surface area contributed by atoms with Crippen LogP contribution in [0.2, 0.25) is 0 Å². The Morgan fingerprint density at radius 2 is 2.13 bits per heavy atom. The molecule has 3 rings (SSSR count). The van der Waals surface area contributed by atoms with E-state index in [4.69, 9.17) is 0 Å². The van der Waals surface area contributed by atoms with Crippen molar-refractivity contribution in [2.45, 2.75) is 50.2 Å². The third kappa shape index (κ3) is 2.91. The smallest absolute Gasteiger partial charge is 0.238 e. The maximum Gasteiger partial charge on any atom is 0.238 e. The van der Waals surface area contributed by atoms with Crippen molar-refractivity contribution in [3.05, 3.63) is 35.4 Å². The third-order valence-corrected chi connectivity index (χ3v) is 7.81. The van der Waals surface area contributed by atoms with Crippen molar-refractivity contribution >= 4 is 15.7 Å². The predicted octanol–water partition coefficient (Wildman–Crippen LogP) is 2.22. The van der Waals surface area contributed by atoms with Crippen molar-refractivity contribution in [1.29, 1.82) is 0 Å². The summed E-state index contributed by atoms with van der Waals surface area (Å²) in [6, 6.07) is 8.56. The summed E-state index contributed by atoms with van der Waals surface area (Å²) in [7, 11) is -3.33. The first-order chi connectivity index (χ1) is 10.9. The van der Waals surface area contributed by atoms with Crippen molar-refractivity contribution in [2.24, 2.45) is 5.92 Å². The number of hydrogen-bond donors (Lipinski definition) is 1. The van der Waals surface area contributed by atoms with Crippen LogP contribution in [-0.4, -0.2) is 31.9 Å². The van der Waals surface area contributed by atoms with Crippen molar-refractivity contribution in [3.63, 3.8) is 0 Å². The number of benzene rings is 1. The van der Waals surface area contributed by atoms with Crippen molar-refractivity contribution in [3.8, 4) is 0 Å². The van der Waals surface area contributed by atoms with Crippen molar-refractivity contribution in [1.82, 2.24) is 5.32 Å². The normalized spacial score (nSPS) is 26.8. The Morgan fingerprint density at radius 3 is 2.87 bits per heavy atom. The molecule has 0 saturated heterocycles. The molecule has 0 heterocycles. The fraction of sp³-hybridized carbons (Fsp3) is 0.611. The zero-order valence-electron chi connectivity index (χ0n) is 13.8. The molecule has 126 valence electrons. The van der Waals surface area contributed by atoms with Crippen LogP contribution >= 0.6 is 0 Å². The minimum Gasteiger partial charge on any atom is -0.355 e. The maximum absolute atomic E-state index is 12.2. The fourth-order valence-corrected chi connectivity index (χ4v) is 5.32. The van der Waals surface area contributed by atoms with Crippen LogP contribution < -0.4 is 5.32 Å². The zero-order chi connectivity index (χ0) is 16.7. The lowest BCUT2D eigenvalue weighted by Crippen LogP contribution is -2.40. The summed E-state index contributed by atoms with van der Waals surface area (Å²) < 4.78 is 24.0. The average Bonchev–Trinajstić information content (AvgIpc) is 3.11. The van der Waals surface area contributed by atoms with Gasteiger partial charge >= 0.3 is 0 Å². The summed E-state index contributed by atoms with van der Waals surface area (Å²) in [6.45, 7) is 3.89. The minimum absolute atomic E-state index is 0.0718. The largest absolute Gasteiger partial charge is 0.355 e. The molecule has 23 heavy (non-hydrogen) atoms. The quantitative estimate of drug-likeness (QED) is 0.867. The fourth-order valence-electron chi connectivity index (χ4n) is 3.99. The lowest BCUT2D eigenvalue weighted by molar-refractivity contribution is -0.120. The summed E-state index contributed by atoms with van der Waals surface area (Å²) in [5.41, 5.74) is 3.10. The van der Waals surface area contributed by atoms with Gasteiger partial charge in [-0.3, -0.25) is 4.79 Å². The first-order valence-corrected chi connectivity index (χ1v) is 10.2. The standard InChI is InChI=1S/C18H25NO3S/c1-3-10-23(21,22)13(2)17(20)19-12-15-11-18(15)9-8-14-6-4-5-7-16(14)18/h4-7,13,15H,3,8-12H2,1-2H3,(H,19,20). The molecule has 1 fully saturated rings. The molecular formula is C18H25NO3S. The van der Waals surface area contributed by atoms with Crippen LogP contribution in [0.5, 0.6) is 0 Å². The van der Waals surface area contributed by atoms with E-state index in [9.17, 15) is 13.2 Å². The second kappa shape index (κ2) is 5.93. The molecule has 0 aliphatic heterocycles. The molecular weight excluding hydrogens is 310 g/mol. The molecule has 1 N–H and O–H groups in total. The van der Waals surface area contributed by atoms with Gasteiger partial charge in [-0.15, -0.1) is 0 Å². The third-order valence-electron chi connectivity index (χ3n) is 5.55. The molecule has 5 heteroatoms. The van der Waals surface area contributed by atoms with Crippen molar-refractivity contribution in [2.75, 3.05) is 12.3 Å². The lowest BCUT2D eigenvalue weighted by Gasteiger charge is -2.15. The van der Waals surface area contributed by atoms with Crippen LogP contribution in [-0.2, 0) is 26.5 Å². The molecule has 0 bridgehead atoms. The Hall–Kier alpha value is -1.36. The van der Waals surface area contributed by atoms with E-state index in [1.165, 1.54) is 18.1 Å². The zero-order valence-corrected chi connectivity index (χ0v) is 14.7. The molecule has 1 aromatic carbocycles. The Bertz CT molecular complexity index is 713. The van der Waals surface area contributed by atoms with E-state index in [1.807, 2.05) is 6.92 Å². The monoisotopic (exact) mass is 335 g/mol. The number of carbonyl (C=O) groups excluding carboxylic acids is 1. The number of sulfone groups is 1. The molecule has 1 amide bonds. The molecule has 4 nitrogen and oxygen atoms in total. The number of amides is 1. The van der Waals surface area contributed by atoms with Crippen LogP contribution in [0, 0.1) is 5.92 Å². The summed E-state index contributed by atoms with van der Waals surface area (Å²) in [4.78, 5) is 12.2. The molecule has 2 aliphatic carbocycles. The second-order valence-corrected chi connectivity index (χ2v) is 9.41. The number of nitrogens with one attached hydrogen (secondary N) is 1. The topological polar surface area (TPSA) is 63.2 Å². The number of carbonyl (C=O) groups is 1. The molecule has 1 spiro atoms. The number of fused-ring (bicyclic) bond motifs is 2. The van der Waals surface area contributed by atoms with Crippen LogP contribution in [0.15, 0.2) is 24.3 Å². The number of rotatable bonds is 6. The van der Waals surface area contributed by atoms with Crippen molar-refractivity contribution < 1.29 is 13.2 Å². The van der Waals surface area contributed by atoms with Crippen LogP contribution in [0.25, 0.3) is 0 Å². The minimum atomic E-state index is -3.33. The number of hydrogen-bond acceptors (Lipinski definition) is 3. The molecule has 3 unspecified atom stereocenters. The van der Waals surface area contributed by atoms with Gasteiger partial charge in [0.15, 0.2) is 9.84 Å². The van der Waals surface area contributed by atoms with Gasteiger partial charge in [0.05, 0.1) is 5.75 Å². The highest BCUT2D eigenvalue weighted by Crippen LogP contribution is 2.61. The molecule has 2 aliphatic rings. The SMILES string of the molecule is CCCS(=O)(=O)C(C)C(=O)NCC1CC12CCc1ccccc12. The predicted molar refractivity (Wildman–Crippen MR) is 91.1 cm³/mol. The van der Waals surface area contributed by atoms with E-state index in [0.717, 1.165) is 19.3 Å².